The third-order valence-corrected chi connectivity index (χ3v) is 4.47. The van der Waals surface area contributed by atoms with Crippen LogP contribution < -0.4 is 5.32 Å². The van der Waals surface area contributed by atoms with Gasteiger partial charge < -0.3 is 10.2 Å². The molecule has 0 aromatic heterocycles. The largest absolute Gasteiger partial charge is 0.310 e. The minimum Gasteiger partial charge on any atom is -0.310 e. The molecule has 2 unspecified atom stereocenters. The van der Waals surface area contributed by atoms with Crippen LogP contribution in [0.5, 0.6) is 0 Å². The molecule has 0 amide bonds. The zero-order chi connectivity index (χ0) is 14.5. The van der Waals surface area contributed by atoms with Gasteiger partial charge in [-0.15, -0.1) is 0 Å². The smallest absolute Gasteiger partial charge is 0.0208 e. The van der Waals surface area contributed by atoms with E-state index >= 15 is 0 Å². The highest BCUT2D eigenvalue weighted by Crippen LogP contribution is 2.16. The maximum absolute atomic E-state index is 3.72. The summed E-state index contributed by atoms with van der Waals surface area (Å²) in [5.41, 5.74) is 2.86. The fourth-order valence-electron chi connectivity index (χ4n) is 3.00. The van der Waals surface area contributed by atoms with Crippen LogP contribution in [-0.4, -0.2) is 30.6 Å². The molecule has 0 aliphatic carbocycles. The second kappa shape index (κ2) is 7.24. The normalized spacial score (nSPS) is 24.2. The van der Waals surface area contributed by atoms with Gasteiger partial charge in [-0.25, -0.2) is 0 Å². The number of hydrogen-bond donors (Lipinski definition) is 1. The average Bonchev–Trinajstić information content (AvgIpc) is 2.41. The zero-order valence-corrected chi connectivity index (χ0v) is 13.5. The Morgan fingerprint density at radius 3 is 2.45 bits per heavy atom. The second-order valence-electron chi connectivity index (χ2n) is 6.85. The SMILES string of the molecule is CC(C)Cc1ccc(CNC2CCN(C)C(C)C2)cc1. The molecule has 2 heteroatoms. The molecule has 2 atom stereocenters. The Labute approximate surface area is 124 Å². The molecule has 1 aliphatic rings. The maximum atomic E-state index is 3.72. The Morgan fingerprint density at radius 2 is 1.85 bits per heavy atom. The third-order valence-electron chi connectivity index (χ3n) is 4.47. The second-order valence-corrected chi connectivity index (χ2v) is 6.85. The van der Waals surface area contributed by atoms with Crippen molar-refractivity contribution in [3.8, 4) is 0 Å². The highest BCUT2D eigenvalue weighted by atomic mass is 15.1. The molecule has 2 rings (SSSR count). The van der Waals surface area contributed by atoms with Crippen LogP contribution in [0.15, 0.2) is 24.3 Å². The first kappa shape index (κ1) is 15.5. The van der Waals surface area contributed by atoms with E-state index < -0.39 is 0 Å². The molecule has 1 aromatic carbocycles. The van der Waals surface area contributed by atoms with Gasteiger partial charge in [-0.1, -0.05) is 38.1 Å². The lowest BCUT2D eigenvalue weighted by Gasteiger charge is -2.35. The van der Waals surface area contributed by atoms with E-state index in [-0.39, 0.29) is 0 Å². The minimum atomic E-state index is 0.677. The molecule has 1 aliphatic heterocycles. The van der Waals surface area contributed by atoms with E-state index in [0.717, 1.165) is 12.5 Å². The maximum Gasteiger partial charge on any atom is 0.0208 e. The lowest BCUT2D eigenvalue weighted by molar-refractivity contribution is 0.168. The fourth-order valence-corrected chi connectivity index (χ4v) is 3.00. The molecule has 20 heavy (non-hydrogen) atoms. The van der Waals surface area contributed by atoms with Gasteiger partial charge in [0.05, 0.1) is 0 Å². The Morgan fingerprint density at radius 1 is 1.20 bits per heavy atom. The quantitative estimate of drug-likeness (QED) is 0.884. The lowest BCUT2D eigenvalue weighted by atomic mass is 9.98. The summed E-state index contributed by atoms with van der Waals surface area (Å²) < 4.78 is 0. The molecule has 0 spiro atoms. The zero-order valence-electron chi connectivity index (χ0n) is 13.5. The van der Waals surface area contributed by atoms with Crippen molar-refractivity contribution in [2.45, 2.75) is 58.7 Å². The van der Waals surface area contributed by atoms with Gasteiger partial charge in [0, 0.05) is 18.6 Å². The van der Waals surface area contributed by atoms with E-state index in [2.05, 4.69) is 62.3 Å². The van der Waals surface area contributed by atoms with Gasteiger partial charge in [-0.3, -0.25) is 0 Å². The van der Waals surface area contributed by atoms with E-state index in [9.17, 15) is 0 Å². The van der Waals surface area contributed by atoms with Crippen LogP contribution in [0.3, 0.4) is 0 Å². The van der Waals surface area contributed by atoms with Gasteiger partial charge in [0.2, 0.25) is 0 Å². The Balaban J connectivity index is 1.79. The van der Waals surface area contributed by atoms with Crippen molar-refractivity contribution in [3.05, 3.63) is 35.4 Å². The molecule has 1 N–H and O–H groups in total. The van der Waals surface area contributed by atoms with Crippen molar-refractivity contribution in [3.63, 3.8) is 0 Å². The van der Waals surface area contributed by atoms with Gasteiger partial charge >= 0.3 is 0 Å². The van der Waals surface area contributed by atoms with Crippen LogP contribution in [0.4, 0.5) is 0 Å². The summed E-state index contributed by atoms with van der Waals surface area (Å²) >= 11 is 0. The van der Waals surface area contributed by atoms with Crippen molar-refractivity contribution >= 4 is 0 Å². The van der Waals surface area contributed by atoms with Crippen LogP contribution in [-0.2, 0) is 13.0 Å². The first-order valence-electron chi connectivity index (χ1n) is 8.06. The minimum absolute atomic E-state index is 0.677. The molecule has 1 aromatic rings. The summed E-state index contributed by atoms with van der Waals surface area (Å²) in [5, 5.41) is 3.72. The molecule has 2 nitrogen and oxygen atoms in total. The van der Waals surface area contributed by atoms with Gasteiger partial charge in [-0.2, -0.15) is 0 Å². The number of hydrogen-bond acceptors (Lipinski definition) is 2. The molecular weight excluding hydrogens is 244 g/mol. The molecule has 0 radical (unpaired) electrons. The van der Waals surface area contributed by atoms with Gasteiger partial charge in [-0.05, 0) is 56.8 Å². The number of nitrogens with one attached hydrogen (secondary N) is 1. The summed E-state index contributed by atoms with van der Waals surface area (Å²) in [5.74, 6) is 0.736. The molecule has 0 bridgehead atoms. The van der Waals surface area contributed by atoms with Crippen molar-refractivity contribution in [2.24, 2.45) is 5.92 Å². The Bertz CT molecular complexity index is 396. The molecule has 1 saturated heterocycles. The van der Waals surface area contributed by atoms with E-state index in [1.165, 1.54) is 36.9 Å². The summed E-state index contributed by atoms with van der Waals surface area (Å²) in [6, 6.07) is 10.5. The van der Waals surface area contributed by atoms with Gasteiger partial charge in [0.1, 0.15) is 0 Å². The number of nitrogens with zero attached hydrogens (tertiary/aromatic N) is 1. The lowest BCUT2D eigenvalue weighted by Crippen LogP contribution is -2.45. The predicted octanol–water partition coefficient (Wildman–Crippen LogP) is 3.46. The number of likely N-dealkylation sites (tertiary alicyclic amines) is 1. The standard InChI is InChI=1S/C18H30N2/c1-14(2)11-16-5-7-17(8-6-16)13-19-18-9-10-20(4)15(3)12-18/h5-8,14-15,18-19H,9-13H2,1-4H3. The van der Waals surface area contributed by atoms with E-state index in [0.29, 0.717) is 12.1 Å². The average molecular weight is 274 g/mol. The first-order chi connectivity index (χ1) is 9.54. The van der Waals surface area contributed by atoms with Crippen molar-refractivity contribution in [2.75, 3.05) is 13.6 Å². The topological polar surface area (TPSA) is 15.3 Å². The van der Waals surface area contributed by atoms with E-state index in [4.69, 9.17) is 0 Å². The van der Waals surface area contributed by atoms with Crippen LogP contribution in [0, 0.1) is 5.92 Å². The number of piperidine rings is 1. The third kappa shape index (κ3) is 4.60. The molecule has 112 valence electrons. The molecule has 1 fully saturated rings. The summed E-state index contributed by atoms with van der Waals surface area (Å²) in [7, 11) is 2.23. The number of rotatable bonds is 5. The van der Waals surface area contributed by atoms with Crippen molar-refractivity contribution in [1.29, 1.82) is 0 Å². The van der Waals surface area contributed by atoms with Gasteiger partial charge in [0.25, 0.3) is 0 Å². The first-order valence-corrected chi connectivity index (χ1v) is 8.06. The monoisotopic (exact) mass is 274 g/mol. The van der Waals surface area contributed by atoms with Crippen LogP contribution in [0.1, 0.15) is 44.7 Å². The number of benzene rings is 1. The predicted molar refractivity (Wildman–Crippen MR) is 86.9 cm³/mol. The summed E-state index contributed by atoms with van der Waals surface area (Å²) in [6.07, 6.45) is 3.72. The summed E-state index contributed by atoms with van der Waals surface area (Å²) in [6.45, 7) is 9.09. The Hall–Kier alpha value is -0.860. The van der Waals surface area contributed by atoms with Crippen LogP contribution in [0.25, 0.3) is 0 Å². The highest BCUT2D eigenvalue weighted by Gasteiger charge is 2.21. The van der Waals surface area contributed by atoms with Crippen molar-refractivity contribution in [1.82, 2.24) is 10.2 Å². The van der Waals surface area contributed by atoms with Crippen molar-refractivity contribution < 1.29 is 0 Å². The molecular formula is C18H30N2. The van der Waals surface area contributed by atoms with Crippen LogP contribution in [0.2, 0.25) is 0 Å². The highest BCUT2D eigenvalue weighted by molar-refractivity contribution is 5.22. The molecule has 1 heterocycles. The summed E-state index contributed by atoms with van der Waals surface area (Å²) in [4.78, 5) is 2.46. The Kier molecular flexibility index (Phi) is 5.62. The van der Waals surface area contributed by atoms with E-state index in [1.54, 1.807) is 0 Å². The van der Waals surface area contributed by atoms with Gasteiger partial charge in [0.15, 0.2) is 0 Å². The van der Waals surface area contributed by atoms with Crippen LogP contribution >= 0.6 is 0 Å². The van der Waals surface area contributed by atoms with E-state index in [1.807, 2.05) is 0 Å². The molecule has 0 saturated carbocycles. The fraction of sp³-hybridized carbons (Fsp3) is 0.667.